The zero-order valence-corrected chi connectivity index (χ0v) is 17.6. The van der Waals surface area contributed by atoms with E-state index in [-0.39, 0.29) is 17.8 Å². The molecule has 0 radical (unpaired) electrons. The lowest BCUT2D eigenvalue weighted by Gasteiger charge is -2.35. The van der Waals surface area contributed by atoms with Gasteiger partial charge in [-0.1, -0.05) is 42.5 Å². The van der Waals surface area contributed by atoms with Gasteiger partial charge in [0.15, 0.2) is 0 Å². The number of alkyl halides is 3. The van der Waals surface area contributed by atoms with Crippen molar-refractivity contribution in [3.8, 4) is 0 Å². The number of thioether (sulfide) groups is 1. The molecule has 1 N–H and O–H groups in total. The molecule has 2 atom stereocenters. The summed E-state index contributed by atoms with van der Waals surface area (Å²) in [6.45, 7) is 5.62. The summed E-state index contributed by atoms with van der Waals surface area (Å²) < 4.78 is 40.0. The van der Waals surface area contributed by atoms with Crippen molar-refractivity contribution in [3.05, 3.63) is 59.7 Å². The molecule has 0 spiro atoms. The molecule has 1 aliphatic carbocycles. The normalized spacial score (nSPS) is 26.4. The molecule has 3 nitrogen and oxygen atoms in total. The second-order valence-corrected chi connectivity index (χ2v) is 9.16. The molecule has 0 amide bonds. The minimum atomic E-state index is -4.32. The van der Waals surface area contributed by atoms with Crippen LogP contribution >= 0.6 is 11.8 Å². The number of β-amino-alcohol motifs (C(OH)–C–C–N with tert-alkyl or cyclic N) is 1. The Bertz CT molecular complexity index is 841. The number of rotatable bonds is 5. The molecule has 0 aromatic heterocycles. The molecular formula is C23H27F3N2OS. The van der Waals surface area contributed by atoms with Crippen molar-refractivity contribution in [1.82, 2.24) is 9.80 Å². The quantitative estimate of drug-likeness (QED) is 0.748. The molecule has 1 saturated heterocycles. The minimum absolute atomic E-state index is 0.000670. The smallest absolute Gasteiger partial charge is 0.395 e. The number of fused-ring (bicyclic) bond motifs is 2. The highest BCUT2D eigenvalue weighted by atomic mass is 32.2. The van der Waals surface area contributed by atoms with Crippen molar-refractivity contribution < 1.29 is 18.3 Å². The zero-order chi connectivity index (χ0) is 21.1. The van der Waals surface area contributed by atoms with Crippen molar-refractivity contribution in [3.63, 3.8) is 0 Å². The van der Waals surface area contributed by atoms with Crippen LogP contribution in [0.1, 0.15) is 12.0 Å². The van der Waals surface area contributed by atoms with Crippen molar-refractivity contribution in [2.75, 3.05) is 45.9 Å². The maximum atomic E-state index is 13.3. The topological polar surface area (TPSA) is 26.7 Å². The van der Waals surface area contributed by atoms with Crippen molar-refractivity contribution >= 4 is 17.3 Å². The van der Waals surface area contributed by atoms with Gasteiger partial charge in [-0.3, -0.25) is 4.90 Å². The van der Waals surface area contributed by atoms with Gasteiger partial charge in [-0.05, 0) is 23.6 Å². The molecule has 3 aliphatic rings. The second kappa shape index (κ2) is 9.30. The zero-order valence-electron chi connectivity index (χ0n) is 16.8. The van der Waals surface area contributed by atoms with Crippen LogP contribution < -0.4 is 0 Å². The molecule has 1 aromatic carbocycles. The van der Waals surface area contributed by atoms with Crippen molar-refractivity contribution in [2.45, 2.75) is 22.7 Å². The highest BCUT2D eigenvalue weighted by molar-refractivity contribution is 8.00. The van der Waals surface area contributed by atoms with Gasteiger partial charge in [-0.2, -0.15) is 13.2 Å². The van der Waals surface area contributed by atoms with E-state index in [1.165, 1.54) is 12.2 Å². The molecule has 4 rings (SSSR count). The van der Waals surface area contributed by atoms with Crippen LogP contribution in [0.15, 0.2) is 59.0 Å². The molecule has 2 aliphatic heterocycles. The van der Waals surface area contributed by atoms with Gasteiger partial charge in [0.2, 0.25) is 0 Å². The van der Waals surface area contributed by atoms with Crippen molar-refractivity contribution in [2.24, 2.45) is 5.92 Å². The fourth-order valence-corrected chi connectivity index (χ4v) is 5.68. The summed E-state index contributed by atoms with van der Waals surface area (Å²) in [6, 6.07) is 8.03. The van der Waals surface area contributed by atoms with Crippen LogP contribution in [0.25, 0.3) is 5.57 Å². The maximum absolute atomic E-state index is 13.3. The molecule has 1 fully saturated rings. The largest absolute Gasteiger partial charge is 0.416 e. The lowest BCUT2D eigenvalue weighted by Crippen LogP contribution is -2.47. The Morgan fingerprint density at radius 2 is 1.77 bits per heavy atom. The number of hydrogen-bond acceptors (Lipinski definition) is 4. The van der Waals surface area contributed by atoms with E-state index in [0.29, 0.717) is 0 Å². The Kier molecular flexibility index (Phi) is 6.72. The molecule has 7 heteroatoms. The summed E-state index contributed by atoms with van der Waals surface area (Å²) in [4.78, 5) is 5.78. The van der Waals surface area contributed by atoms with Crippen molar-refractivity contribution in [1.29, 1.82) is 0 Å². The van der Waals surface area contributed by atoms with Gasteiger partial charge < -0.3 is 10.0 Å². The number of benzene rings is 1. The molecule has 0 saturated carbocycles. The highest BCUT2D eigenvalue weighted by Gasteiger charge is 2.39. The first-order valence-electron chi connectivity index (χ1n) is 10.4. The number of aliphatic hydroxyl groups excluding tert-OH is 1. The Labute approximate surface area is 179 Å². The Hall–Kier alpha value is -1.54. The van der Waals surface area contributed by atoms with E-state index in [0.717, 1.165) is 61.7 Å². The first-order chi connectivity index (χ1) is 14.5. The van der Waals surface area contributed by atoms with Crippen LogP contribution in [0.5, 0.6) is 0 Å². The summed E-state index contributed by atoms with van der Waals surface area (Å²) in [5.74, 6) is -0.257. The van der Waals surface area contributed by atoms with E-state index in [2.05, 4.69) is 21.9 Å². The van der Waals surface area contributed by atoms with Crippen LogP contribution in [0.2, 0.25) is 0 Å². The predicted molar refractivity (Wildman–Crippen MR) is 115 cm³/mol. The third kappa shape index (κ3) is 4.85. The minimum Gasteiger partial charge on any atom is -0.395 e. The van der Waals surface area contributed by atoms with Gasteiger partial charge in [0.1, 0.15) is 0 Å². The fraction of sp³-hybridized carbons (Fsp3) is 0.478. The lowest BCUT2D eigenvalue weighted by atomic mass is 9.84. The monoisotopic (exact) mass is 436 g/mol. The third-order valence-electron chi connectivity index (χ3n) is 6.02. The van der Waals surface area contributed by atoms with Gasteiger partial charge in [-0.25, -0.2) is 0 Å². The molecule has 162 valence electrons. The first kappa shape index (κ1) is 21.7. The average molecular weight is 437 g/mol. The summed E-state index contributed by atoms with van der Waals surface area (Å²) in [5.41, 5.74) is 1.53. The lowest BCUT2D eigenvalue weighted by molar-refractivity contribution is -0.0887. The summed E-state index contributed by atoms with van der Waals surface area (Å²) in [7, 11) is 0. The summed E-state index contributed by atoms with van der Waals surface area (Å²) in [6.07, 6.45) is 3.00. The van der Waals surface area contributed by atoms with Gasteiger partial charge in [0, 0.05) is 55.3 Å². The average Bonchev–Trinajstić information content (AvgIpc) is 2.73. The Morgan fingerprint density at radius 3 is 2.47 bits per heavy atom. The van der Waals surface area contributed by atoms with Gasteiger partial charge in [-0.15, -0.1) is 11.8 Å². The number of piperazine rings is 1. The number of hydrogen-bond donors (Lipinski definition) is 1. The molecule has 30 heavy (non-hydrogen) atoms. The fourth-order valence-electron chi connectivity index (χ4n) is 4.39. The Morgan fingerprint density at radius 1 is 1.07 bits per heavy atom. The molecule has 2 heterocycles. The number of aliphatic hydroxyl groups is 1. The van der Waals surface area contributed by atoms with Crippen LogP contribution in [0.4, 0.5) is 13.2 Å². The summed E-state index contributed by atoms with van der Waals surface area (Å²) in [5, 5.41) is 9.07. The van der Waals surface area contributed by atoms with E-state index < -0.39 is 11.7 Å². The third-order valence-corrected chi connectivity index (χ3v) is 7.35. The van der Waals surface area contributed by atoms with E-state index in [4.69, 9.17) is 5.11 Å². The SMILES string of the molecule is OCCN1CCN(CCC=C2c3ccccc3SC3C=CC(C(F)(F)F)=CC23)CC1. The van der Waals surface area contributed by atoms with Gasteiger partial charge in [0.05, 0.1) is 12.2 Å². The Balaban J connectivity index is 1.51. The van der Waals surface area contributed by atoms with Gasteiger partial charge in [0.25, 0.3) is 0 Å². The molecular weight excluding hydrogens is 409 g/mol. The number of nitrogens with zero attached hydrogens (tertiary/aromatic N) is 2. The summed E-state index contributed by atoms with van der Waals surface area (Å²) >= 11 is 1.65. The van der Waals surface area contributed by atoms with E-state index in [9.17, 15) is 13.2 Å². The van der Waals surface area contributed by atoms with Crippen LogP contribution in [0.3, 0.4) is 0 Å². The first-order valence-corrected chi connectivity index (χ1v) is 11.3. The van der Waals surface area contributed by atoms with Gasteiger partial charge >= 0.3 is 6.18 Å². The van der Waals surface area contributed by atoms with Crippen LogP contribution in [-0.2, 0) is 0 Å². The number of halogens is 3. The van der Waals surface area contributed by atoms with E-state index in [1.807, 2.05) is 18.2 Å². The second-order valence-electron chi connectivity index (χ2n) is 7.94. The van der Waals surface area contributed by atoms with Crippen LogP contribution in [-0.4, -0.2) is 72.2 Å². The van der Waals surface area contributed by atoms with E-state index in [1.54, 1.807) is 17.8 Å². The van der Waals surface area contributed by atoms with Crippen LogP contribution in [0, 0.1) is 5.92 Å². The highest BCUT2D eigenvalue weighted by Crippen LogP contribution is 2.49. The molecule has 2 unspecified atom stereocenters. The van der Waals surface area contributed by atoms with E-state index >= 15 is 0 Å². The standard InChI is InChI=1S/C23H27F3N2OS/c24-23(25,26)17-7-8-22-20(16-17)18(19-4-1-2-6-21(19)30-22)5-3-9-27-10-12-28(13-11-27)14-15-29/h1-2,4-8,16,20,22,29H,3,9-15H2. The maximum Gasteiger partial charge on any atom is 0.416 e. The molecule has 1 aromatic rings. The predicted octanol–water partition coefficient (Wildman–Crippen LogP) is 4.22. The number of allylic oxidation sites excluding steroid dienone is 4. The molecule has 0 bridgehead atoms.